The Morgan fingerprint density at radius 3 is 2.79 bits per heavy atom. The zero-order valence-electron chi connectivity index (χ0n) is 12.9. The summed E-state index contributed by atoms with van der Waals surface area (Å²) < 4.78 is 10.3. The van der Waals surface area contributed by atoms with Crippen molar-refractivity contribution in [2.45, 2.75) is 6.92 Å². The van der Waals surface area contributed by atoms with Gasteiger partial charge in [-0.15, -0.1) is 0 Å². The number of carbonyl (C=O) groups excluding carboxylic acids is 2. The van der Waals surface area contributed by atoms with Crippen LogP contribution in [0.5, 0.6) is 0 Å². The van der Waals surface area contributed by atoms with E-state index in [0.717, 1.165) is 5.56 Å². The van der Waals surface area contributed by atoms with Gasteiger partial charge < -0.3 is 19.5 Å². The number of oxazole rings is 1. The molecule has 2 heterocycles. The molecule has 0 aliphatic heterocycles. The molecule has 0 saturated heterocycles. The molecule has 0 aliphatic rings. The number of aromatic nitrogens is 1. The second kappa shape index (κ2) is 6.82. The van der Waals surface area contributed by atoms with Crippen molar-refractivity contribution in [3.05, 3.63) is 60.5 Å². The molecule has 122 valence electrons. The van der Waals surface area contributed by atoms with Gasteiger partial charge in [0.25, 0.3) is 5.91 Å². The van der Waals surface area contributed by atoms with Crippen molar-refractivity contribution in [2.24, 2.45) is 0 Å². The van der Waals surface area contributed by atoms with E-state index in [0.29, 0.717) is 22.8 Å². The van der Waals surface area contributed by atoms with E-state index in [-0.39, 0.29) is 18.4 Å². The zero-order valence-corrected chi connectivity index (χ0v) is 12.9. The van der Waals surface area contributed by atoms with Gasteiger partial charge in [0.05, 0.1) is 24.6 Å². The molecule has 0 radical (unpaired) electrons. The predicted molar refractivity (Wildman–Crippen MR) is 86.3 cm³/mol. The normalized spacial score (nSPS) is 10.4. The van der Waals surface area contributed by atoms with Crippen LogP contribution in [0, 0.1) is 6.92 Å². The molecule has 1 aromatic carbocycles. The number of aryl methyl sites for hydroxylation is 1. The van der Waals surface area contributed by atoms with Crippen molar-refractivity contribution in [2.75, 3.05) is 11.9 Å². The second-order valence-corrected chi connectivity index (χ2v) is 5.07. The van der Waals surface area contributed by atoms with Gasteiger partial charge in [0.2, 0.25) is 5.91 Å². The third-order valence-corrected chi connectivity index (χ3v) is 3.38. The molecular weight excluding hydrogens is 310 g/mol. The number of hydrogen-bond donors (Lipinski definition) is 2. The van der Waals surface area contributed by atoms with Crippen molar-refractivity contribution in [1.29, 1.82) is 0 Å². The minimum absolute atomic E-state index is 0.143. The molecule has 0 saturated carbocycles. The fourth-order valence-electron chi connectivity index (χ4n) is 2.19. The molecule has 2 aromatic heterocycles. The number of carbonyl (C=O) groups is 2. The minimum atomic E-state index is -0.355. The van der Waals surface area contributed by atoms with Crippen LogP contribution in [0.3, 0.4) is 0 Å². The van der Waals surface area contributed by atoms with Crippen LogP contribution in [-0.4, -0.2) is 23.3 Å². The van der Waals surface area contributed by atoms with E-state index in [4.69, 9.17) is 8.83 Å². The summed E-state index contributed by atoms with van der Waals surface area (Å²) in [4.78, 5) is 27.8. The molecule has 7 nitrogen and oxygen atoms in total. The molecule has 0 aliphatic carbocycles. The topological polar surface area (TPSA) is 97.4 Å². The highest BCUT2D eigenvalue weighted by Gasteiger charge is 2.12. The lowest BCUT2D eigenvalue weighted by Crippen LogP contribution is -2.32. The van der Waals surface area contributed by atoms with E-state index in [1.807, 2.05) is 6.07 Å². The number of furan rings is 1. The van der Waals surface area contributed by atoms with Crippen molar-refractivity contribution < 1.29 is 18.4 Å². The monoisotopic (exact) mass is 325 g/mol. The molecule has 0 fully saturated rings. The maximum atomic E-state index is 12.0. The number of hydrogen-bond acceptors (Lipinski definition) is 5. The average Bonchev–Trinajstić information content (AvgIpc) is 3.24. The van der Waals surface area contributed by atoms with Crippen LogP contribution in [0.25, 0.3) is 11.3 Å². The lowest BCUT2D eigenvalue weighted by Gasteiger charge is -2.07. The molecule has 0 spiro atoms. The van der Waals surface area contributed by atoms with Crippen LogP contribution < -0.4 is 10.6 Å². The number of nitrogens with zero attached hydrogens (tertiary/aromatic N) is 1. The Hall–Kier alpha value is -3.35. The summed E-state index contributed by atoms with van der Waals surface area (Å²) in [6.45, 7) is 1.54. The Balaban J connectivity index is 1.58. The predicted octanol–water partition coefficient (Wildman–Crippen LogP) is 2.61. The maximum absolute atomic E-state index is 12.0. The van der Waals surface area contributed by atoms with Crippen LogP contribution in [0.2, 0.25) is 0 Å². The van der Waals surface area contributed by atoms with Gasteiger partial charge in [-0.1, -0.05) is 12.1 Å². The molecule has 2 N–H and O–H groups in total. The van der Waals surface area contributed by atoms with Crippen LogP contribution in [0.4, 0.5) is 5.69 Å². The highest BCUT2D eigenvalue weighted by molar-refractivity contribution is 5.99. The first kappa shape index (κ1) is 15.5. The Morgan fingerprint density at radius 2 is 2.08 bits per heavy atom. The largest absolute Gasteiger partial charge is 0.469 e. The molecule has 0 unspecified atom stereocenters. The van der Waals surface area contributed by atoms with Crippen molar-refractivity contribution in [1.82, 2.24) is 10.3 Å². The second-order valence-electron chi connectivity index (χ2n) is 5.07. The Labute approximate surface area is 137 Å². The SMILES string of the molecule is Cc1occc1C(=O)NCC(=O)Nc1cccc(-c2cnco2)c1. The van der Waals surface area contributed by atoms with E-state index in [9.17, 15) is 9.59 Å². The van der Waals surface area contributed by atoms with Gasteiger partial charge in [0, 0.05) is 11.3 Å². The first-order valence-electron chi connectivity index (χ1n) is 7.24. The van der Waals surface area contributed by atoms with Crippen molar-refractivity contribution in [3.8, 4) is 11.3 Å². The number of amides is 2. The fourth-order valence-corrected chi connectivity index (χ4v) is 2.19. The van der Waals surface area contributed by atoms with Crippen LogP contribution >= 0.6 is 0 Å². The van der Waals surface area contributed by atoms with Gasteiger partial charge >= 0.3 is 0 Å². The van der Waals surface area contributed by atoms with Crippen molar-refractivity contribution in [3.63, 3.8) is 0 Å². The first-order valence-corrected chi connectivity index (χ1v) is 7.24. The van der Waals surface area contributed by atoms with Gasteiger partial charge in [-0.3, -0.25) is 9.59 Å². The summed E-state index contributed by atoms with van der Waals surface area (Å²) in [5.41, 5.74) is 1.81. The smallest absolute Gasteiger partial charge is 0.255 e. The van der Waals surface area contributed by atoms with E-state index in [2.05, 4.69) is 15.6 Å². The molecule has 24 heavy (non-hydrogen) atoms. The molecule has 0 bridgehead atoms. The summed E-state index contributed by atoms with van der Waals surface area (Å²) in [6, 6.07) is 8.71. The summed E-state index contributed by atoms with van der Waals surface area (Å²) in [5.74, 6) is 0.425. The van der Waals surface area contributed by atoms with E-state index >= 15 is 0 Å². The third-order valence-electron chi connectivity index (χ3n) is 3.38. The standard InChI is InChI=1S/C17H15N3O4/c1-11-14(5-6-23-11)17(22)19-9-16(21)20-13-4-2-3-12(7-13)15-8-18-10-24-15/h2-8,10H,9H2,1H3,(H,19,22)(H,20,21). The van der Waals surface area contributed by atoms with Crippen molar-refractivity contribution >= 4 is 17.5 Å². The molecule has 3 aromatic rings. The molecule has 7 heteroatoms. The number of rotatable bonds is 5. The summed E-state index contributed by atoms with van der Waals surface area (Å²) in [6.07, 6.45) is 4.36. The van der Waals surface area contributed by atoms with Crippen LogP contribution in [0.1, 0.15) is 16.1 Å². The minimum Gasteiger partial charge on any atom is -0.469 e. The van der Waals surface area contributed by atoms with Gasteiger partial charge in [-0.25, -0.2) is 4.98 Å². The number of benzene rings is 1. The Bertz CT molecular complexity index is 852. The summed E-state index contributed by atoms with van der Waals surface area (Å²) >= 11 is 0. The van der Waals surface area contributed by atoms with E-state index in [1.54, 1.807) is 37.4 Å². The average molecular weight is 325 g/mol. The number of anilines is 1. The van der Waals surface area contributed by atoms with Crippen LogP contribution in [-0.2, 0) is 4.79 Å². The van der Waals surface area contributed by atoms with Gasteiger partial charge in [-0.05, 0) is 25.1 Å². The van der Waals surface area contributed by atoms with Gasteiger partial charge in [0.15, 0.2) is 12.2 Å². The Kier molecular flexibility index (Phi) is 4.42. The lowest BCUT2D eigenvalue weighted by molar-refractivity contribution is -0.115. The first-order chi connectivity index (χ1) is 11.6. The van der Waals surface area contributed by atoms with Gasteiger partial charge in [-0.2, -0.15) is 0 Å². The number of nitrogens with one attached hydrogen (secondary N) is 2. The van der Waals surface area contributed by atoms with E-state index in [1.165, 1.54) is 12.7 Å². The van der Waals surface area contributed by atoms with E-state index < -0.39 is 0 Å². The van der Waals surface area contributed by atoms with Crippen LogP contribution in [0.15, 0.2) is 58.0 Å². The molecule has 2 amide bonds. The highest BCUT2D eigenvalue weighted by atomic mass is 16.3. The lowest BCUT2D eigenvalue weighted by atomic mass is 10.1. The maximum Gasteiger partial charge on any atom is 0.255 e. The quantitative estimate of drug-likeness (QED) is 0.751. The molecule has 0 atom stereocenters. The van der Waals surface area contributed by atoms with Gasteiger partial charge in [0.1, 0.15) is 5.76 Å². The third kappa shape index (κ3) is 3.52. The zero-order chi connectivity index (χ0) is 16.9. The fraction of sp³-hybridized carbons (Fsp3) is 0.118. The molecule has 3 rings (SSSR count). The highest BCUT2D eigenvalue weighted by Crippen LogP contribution is 2.21. The Morgan fingerprint density at radius 1 is 1.21 bits per heavy atom. The summed E-state index contributed by atoms with van der Waals surface area (Å²) in [7, 11) is 0. The molecular formula is C17H15N3O4. The summed E-state index contributed by atoms with van der Waals surface area (Å²) in [5, 5.41) is 5.27.